The molecule has 120 valence electrons. The van der Waals surface area contributed by atoms with Crippen molar-refractivity contribution in [1.29, 1.82) is 0 Å². The monoisotopic (exact) mass is 284 g/mol. The van der Waals surface area contributed by atoms with Crippen LogP contribution >= 0.6 is 0 Å². The topological polar surface area (TPSA) is 37.3 Å². The van der Waals surface area contributed by atoms with E-state index < -0.39 is 5.97 Å². The highest BCUT2D eigenvalue weighted by Gasteiger charge is 1.91. The van der Waals surface area contributed by atoms with Gasteiger partial charge in [-0.3, -0.25) is 0 Å². The highest BCUT2D eigenvalue weighted by atomic mass is 16.4. The first-order valence-electron chi connectivity index (χ1n) is 8.54. The average Bonchev–Trinajstić information content (AvgIpc) is 2.41. The number of carbonyl (C=O) groups is 1. The van der Waals surface area contributed by atoms with Gasteiger partial charge in [-0.15, -0.1) is 0 Å². The molecular weight excluding hydrogens is 248 g/mol. The van der Waals surface area contributed by atoms with Crippen LogP contribution in [-0.4, -0.2) is 11.1 Å². The standard InChI is InChI=1S/C14H30.C4H6O2/c1-3-5-7-9-11-13-14-12-10-8-6-4-2;1-2-3-4(5)6/h3-14H2,1-2H3;2-3H,1H3,(H,5,6). The molecule has 20 heavy (non-hydrogen) atoms. The fourth-order valence-electron chi connectivity index (χ4n) is 2.06. The van der Waals surface area contributed by atoms with E-state index in [0.717, 1.165) is 6.08 Å². The predicted octanol–water partition coefficient (Wildman–Crippen LogP) is 6.35. The lowest BCUT2D eigenvalue weighted by molar-refractivity contribution is -0.131. The molecule has 0 atom stereocenters. The fraction of sp³-hybridized carbons (Fsp3) is 0.833. The molecule has 2 nitrogen and oxygen atoms in total. The molecule has 0 aromatic rings. The van der Waals surface area contributed by atoms with Crippen LogP contribution in [-0.2, 0) is 4.79 Å². The number of allylic oxidation sites excluding steroid dienone is 1. The molecule has 0 heterocycles. The van der Waals surface area contributed by atoms with Crippen LogP contribution in [0.4, 0.5) is 0 Å². The van der Waals surface area contributed by atoms with E-state index in [1.807, 2.05) is 0 Å². The van der Waals surface area contributed by atoms with E-state index in [1.165, 1.54) is 83.1 Å². The maximum Gasteiger partial charge on any atom is 0.327 e. The molecule has 0 spiro atoms. The summed E-state index contributed by atoms with van der Waals surface area (Å²) in [5.74, 6) is -0.891. The van der Waals surface area contributed by atoms with Gasteiger partial charge in [-0.2, -0.15) is 0 Å². The lowest BCUT2D eigenvalue weighted by atomic mass is 10.1. The second kappa shape index (κ2) is 20.5. The minimum atomic E-state index is -0.891. The van der Waals surface area contributed by atoms with E-state index in [1.54, 1.807) is 6.92 Å². The van der Waals surface area contributed by atoms with E-state index in [9.17, 15) is 4.79 Å². The first-order chi connectivity index (χ1) is 9.68. The molecule has 0 aromatic heterocycles. The summed E-state index contributed by atoms with van der Waals surface area (Å²) in [7, 11) is 0. The zero-order valence-corrected chi connectivity index (χ0v) is 14.0. The van der Waals surface area contributed by atoms with Gasteiger partial charge >= 0.3 is 5.97 Å². The molecule has 1 N–H and O–H groups in total. The van der Waals surface area contributed by atoms with Crippen molar-refractivity contribution in [2.75, 3.05) is 0 Å². The lowest BCUT2D eigenvalue weighted by Gasteiger charge is -2.01. The lowest BCUT2D eigenvalue weighted by Crippen LogP contribution is -1.83. The summed E-state index contributed by atoms with van der Waals surface area (Å²) < 4.78 is 0. The Balaban J connectivity index is 0. The van der Waals surface area contributed by atoms with Crippen molar-refractivity contribution in [3.63, 3.8) is 0 Å². The molecule has 0 rings (SSSR count). The summed E-state index contributed by atoms with van der Waals surface area (Å²) in [5.41, 5.74) is 0. The van der Waals surface area contributed by atoms with Crippen LogP contribution in [0.3, 0.4) is 0 Å². The fourth-order valence-corrected chi connectivity index (χ4v) is 2.06. The molecule has 0 aliphatic heterocycles. The van der Waals surface area contributed by atoms with E-state index in [4.69, 9.17) is 5.11 Å². The normalized spacial score (nSPS) is 10.3. The molecule has 0 fully saturated rings. The Morgan fingerprint density at radius 1 is 0.750 bits per heavy atom. The molecular formula is C18H36O2. The third kappa shape index (κ3) is 25.9. The van der Waals surface area contributed by atoms with E-state index in [-0.39, 0.29) is 0 Å². The summed E-state index contributed by atoms with van der Waals surface area (Å²) in [4.78, 5) is 9.51. The van der Waals surface area contributed by atoms with Crippen molar-refractivity contribution in [1.82, 2.24) is 0 Å². The van der Waals surface area contributed by atoms with Gasteiger partial charge in [-0.25, -0.2) is 4.79 Å². The van der Waals surface area contributed by atoms with Crippen LogP contribution in [0.1, 0.15) is 97.8 Å². The van der Waals surface area contributed by atoms with Gasteiger partial charge in [0.15, 0.2) is 0 Å². The smallest absolute Gasteiger partial charge is 0.327 e. The van der Waals surface area contributed by atoms with Crippen molar-refractivity contribution >= 4 is 5.97 Å². The molecule has 0 unspecified atom stereocenters. The predicted molar refractivity (Wildman–Crippen MR) is 89.2 cm³/mol. The molecule has 0 aliphatic carbocycles. The van der Waals surface area contributed by atoms with Gasteiger partial charge < -0.3 is 5.11 Å². The Labute approximate surface area is 126 Å². The van der Waals surface area contributed by atoms with Crippen LogP contribution in [0.2, 0.25) is 0 Å². The van der Waals surface area contributed by atoms with Crippen molar-refractivity contribution in [2.45, 2.75) is 97.8 Å². The highest BCUT2D eigenvalue weighted by Crippen LogP contribution is 2.11. The molecule has 0 radical (unpaired) electrons. The molecule has 0 aliphatic rings. The van der Waals surface area contributed by atoms with E-state index in [2.05, 4.69) is 13.8 Å². The quantitative estimate of drug-likeness (QED) is 0.334. The molecule has 0 bridgehead atoms. The van der Waals surface area contributed by atoms with Gasteiger partial charge in [-0.05, 0) is 6.92 Å². The maximum atomic E-state index is 9.51. The number of hydrogen-bond acceptors (Lipinski definition) is 1. The Bertz CT molecular complexity index is 197. The van der Waals surface area contributed by atoms with Crippen LogP contribution in [0.15, 0.2) is 12.2 Å². The first-order valence-corrected chi connectivity index (χ1v) is 8.54. The molecule has 0 saturated heterocycles. The number of carboxylic acid groups (broad SMARTS) is 1. The second-order valence-electron chi connectivity index (χ2n) is 5.37. The second-order valence-corrected chi connectivity index (χ2v) is 5.37. The average molecular weight is 284 g/mol. The number of carboxylic acids is 1. The van der Waals surface area contributed by atoms with Crippen molar-refractivity contribution in [3.05, 3.63) is 12.2 Å². The summed E-state index contributed by atoms with van der Waals surface area (Å²) in [6, 6.07) is 0. The zero-order valence-electron chi connectivity index (χ0n) is 14.0. The summed E-state index contributed by atoms with van der Waals surface area (Å²) in [5, 5.41) is 7.83. The number of unbranched alkanes of at least 4 members (excludes halogenated alkanes) is 11. The van der Waals surface area contributed by atoms with Gasteiger partial charge in [-0.1, -0.05) is 97.0 Å². The number of rotatable bonds is 12. The SMILES string of the molecule is CC=CC(=O)O.CCCCCCCCCCCCCC. The summed E-state index contributed by atoms with van der Waals surface area (Å²) in [6.45, 7) is 6.23. The molecule has 0 aromatic carbocycles. The summed E-state index contributed by atoms with van der Waals surface area (Å²) >= 11 is 0. The van der Waals surface area contributed by atoms with Gasteiger partial charge in [0.1, 0.15) is 0 Å². The largest absolute Gasteiger partial charge is 0.478 e. The Morgan fingerprint density at radius 2 is 1.05 bits per heavy atom. The van der Waals surface area contributed by atoms with Gasteiger partial charge in [0.05, 0.1) is 0 Å². The van der Waals surface area contributed by atoms with Crippen molar-refractivity contribution in [3.8, 4) is 0 Å². The Kier molecular flexibility index (Phi) is 22.1. The van der Waals surface area contributed by atoms with Crippen LogP contribution in [0.25, 0.3) is 0 Å². The summed E-state index contributed by atoms with van der Waals surface area (Å²) in [6.07, 6.45) is 20.0. The van der Waals surface area contributed by atoms with Crippen LogP contribution < -0.4 is 0 Å². The maximum absolute atomic E-state index is 9.51. The molecule has 2 heteroatoms. The minimum Gasteiger partial charge on any atom is -0.478 e. The third-order valence-corrected chi connectivity index (χ3v) is 3.27. The Hall–Kier alpha value is -0.790. The van der Waals surface area contributed by atoms with Crippen molar-refractivity contribution < 1.29 is 9.90 Å². The molecule has 0 amide bonds. The third-order valence-electron chi connectivity index (χ3n) is 3.27. The first kappa shape index (κ1) is 21.5. The van der Waals surface area contributed by atoms with Gasteiger partial charge in [0, 0.05) is 6.08 Å². The van der Waals surface area contributed by atoms with Crippen LogP contribution in [0.5, 0.6) is 0 Å². The zero-order chi connectivity index (χ0) is 15.5. The minimum absolute atomic E-state index is 0.891. The van der Waals surface area contributed by atoms with Gasteiger partial charge in [0.2, 0.25) is 0 Å². The van der Waals surface area contributed by atoms with E-state index in [0.29, 0.717) is 0 Å². The van der Waals surface area contributed by atoms with Crippen LogP contribution in [0, 0.1) is 0 Å². The number of hydrogen-bond donors (Lipinski definition) is 1. The Morgan fingerprint density at radius 3 is 1.20 bits per heavy atom. The molecule has 0 saturated carbocycles. The number of aliphatic carboxylic acids is 1. The van der Waals surface area contributed by atoms with Crippen molar-refractivity contribution in [2.24, 2.45) is 0 Å². The van der Waals surface area contributed by atoms with Gasteiger partial charge in [0.25, 0.3) is 0 Å². The van der Waals surface area contributed by atoms with E-state index >= 15 is 0 Å². The highest BCUT2D eigenvalue weighted by molar-refractivity contribution is 5.79.